The van der Waals surface area contributed by atoms with Gasteiger partial charge in [0.25, 0.3) is 5.91 Å². The molecule has 2 aromatic carbocycles. The van der Waals surface area contributed by atoms with E-state index in [1.807, 2.05) is 56.9 Å². The second-order valence-electron chi connectivity index (χ2n) is 6.66. The van der Waals surface area contributed by atoms with Crippen molar-refractivity contribution in [2.45, 2.75) is 40.7 Å². The normalized spacial score (nSPS) is 13.3. The summed E-state index contributed by atoms with van der Waals surface area (Å²) in [6, 6.07) is 10.0. The van der Waals surface area contributed by atoms with Gasteiger partial charge in [0.05, 0.1) is 13.2 Å². The first-order valence-electron chi connectivity index (χ1n) is 9.32. The van der Waals surface area contributed by atoms with Crippen LogP contribution in [-0.2, 0) is 13.0 Å². The van der Waals surface area contributed by atoms with Crippen molar-refractivity contribution in [3.63, 3.8) is 0 Å². The maximum atomic E-state index is 13.0. The number of ether oxygens (including phenoxy) is 2. The third kappa shape index (κ3) is 3.55. The Morgan fingerprint density at radius 3 is 2.35 bits per heavy atom. The maximum absolute atomic E-state index is 13.0. The topological polar surface area (TPSA) is 38.8 Å². The molecule has 0 atom stereocenters. The Hall–Kier alpha value is -2.49. The van der Waals surface area contributed by atoms with Crippen LogP contribution in [0.25, 0.3) is 0 Å². The van der Waals surface area contributed by atoms with Crippen molar-refractivity contribution < 1.29 is 14.3 Å². The Morgan fingerprint density at radius 1 is 1.04 bits per heavy atom. The number of hydrogen-bond acceptors (Lipinski definition) is 3. The highest BCUT2D eigenvalue weighted by Crippen LogP contribution is 2.34. The fourth-order valence-corrected chi connectivity index (χ4v) is 3.43. The minimum absolute atomic E-state index is 0.101. The lowest BCUT2D eigenvalue weighted by molar-refractivity contribution is 0.0733. The third-order valence-corrected chi connectivity index (χ3v) is 5.00. The predicted molar refractivity (Wildman–Crippen MR) is 103 cm³/mol. The summed E-state index contributed by atoms with van der Waals surface area (Å²) in [5, 5.41) is 0. The van der Waals surface area contributed by atoms with Crippen molar-refractivity contribution in [2.75, 3.05) is 19.8 Å². The van der Waals surface area contributed by atoms with Gasteiger partial charge >= 0.3 is 0 Å². The molecule has 0 aromatic heterocycles. The van der Waals surface area contributed by atoms with Crippen LogP contribution in [0.3, 0.4) is 0 Å². The van der Waals surface area contributed by atoms with E-state index in [0.717, 1.165) is 46.7 Å². The van der Waals surface area contributed by atoms with Crippen LogP contribution >= 0.6 is 0 Å². The van der Waals surface area contributed by atoms with E-state index in [1.165, 1.54) is 5.56 Å². The van der Waals surface area contributed by atoms with Gasteiger partial charge in [-0.1, -0.05) is 12.1 Å². The van der Waals surface area contributed by atoms with E-state index in [2.05, 4.69) is 6.07 Å². The molecule has 1 heterocycles. The van der Waals surface area contributed by atoms with E-state index in [-0.39, 0.29) is 5.91 Å². The molecule has 0 saturated heterocycles. The average molecular weight is 353 g/mol. The highest BCUT2D eigenvalue weighted by Gasteiger charge is 2.25. The van der Waals surface area contributed by atoms with Crippen LogP contribution in [-0.4, -0.2) is 30.6 Å². The second kappa shape index (κ2) is 7.81. The van der Waals surface area contributed by atoms with Gasteiger partial charge in [-0.15, -0.1) is 0 Å². The minimum Gasteiger partial charge on any atom is -0.490 e. The molecule has 4 heteroatoms. The summed E-state index contributed by atoms with van der Waals surface area (Å²) in [5.74, 6) is 1.65. The molecule has 138 valence electrons. The summed E-state index contributed by atoms with van der Waals surface area (Å²) in [5.41, 5.74) is 5.38. The molecular formula is C22H27NO3. The molecule has 26 heavy (non-hydrogen) atoms. The smallest absolute Gasteiger partial charge is 0.254 e. The molecule has 2 aromatic rings. The van der Waals surface area contributed by atoms with Crippen molar-refractivity contribution in [3.8, 4) is 11.5 Å². The SMILES string of the molecule is CCOc1cc2c(cc1OCC)CN(C(=O)c1cccc(C)c1C)CC2. The van der Waals surface area contributed by atoms with Gasteiger partial charge in [-0.25, -0.2) is 0 Å². The largest absolute Gasteiger partial charge is 0.490 e. The standard InChI is InChI=1S/C22H27NO3/c1-5-25-20-12-17-10-11-23(14-18(17)13-21(20)26-6-2)22(24)19-9-7-8-15(3)16(19)4/h7-9,12-13H,5-6,10-11,14H2,1-4H3. The van der Waals surface area contributed by atoms with Gasteiger partial charge in [-0.05, 0) is 74.6 Å². The van der Waals surface area contributed by atoms with E-state index in [9.17, 15) is 4.79 Å². The lowest BCUT2D eigenvalue weighted by Crippen LogP contribution is -2.36. The molecule has 0 radical (unpaired) electrons. The number of hydrogen-bond donors (Lipinski definition) is 0. The first kappa shape index (κ1) is 18.3. The fourth-order valence-electron chi connectivity index (χ4n) is 3.43. The van der Waals surface area contributed by atoms with Crippen LogP contribution in [0, 0.1) is 13.8 Å². The van der Waals surface area contributed by atoms with Gasteiger partial charge in [-0.2, -0.15) is 0 Å². The molecule has 0 unspecified atom stereocenters. The summed E-state index contributed by atoms with van der Waals surface area (Å²) in [6.45, 7) is 10.5. The van der Waals surface area contributed by atoms with Crippen molar-refractivity contribution >= 4 is 5.91 Å². The van der Waals surface area contributed by atoms with E-state index in [1.54, 1.807) is 0 Å². The number of amides is 1. The van der Waals surface area contributed by atoms with E-state index in [0.29, 0.717) is 19.8 Å². The molecule has 3 rings (SSSR count). The number of carbonyl (C=O) groups is 1. The van der Waals surface area contributed by atoms with Gasteiger partial charge in [0.15, 0.2) is 11.5 Å². The maximum Gasteiger partial charge on any atom is 0.254 e. The Kier molecular flexibility index (Phi) is 5.50. The molecule has 1 amide bonds. The third-order valence-electron chi connectivity index (χ3n) is 5.00. The Balaban J connectivity index is 1.87. The molecule has 0 aliphatic carbocycles. The van der Waals surface area contributed by atoms with E-state index < -0.39 is 0 Å². The molecule has 0 fully saturated rings. The molecule has 1 aliphatic heterocycles. The highest BCUT2D eigenvalue weighted by atomic mass is 16.5. The summed E-state index contributed by atoms with van der Waals surface area (Å²) >= 11 is 0. The van der Waals surface area contributed by atoms with Crippen LogP contribution in [0.4, 0.5) is 0 Å². The Bertz CT molecular complexity index is 813. The fraction of sp³-hybridized carbons (Fsp3) is 0.409. The highest BCUT2D eigenvalue weighted by molar-refractivity contribution is 5.96. The first-order valence-corrected chi connectivity index (χ1v) is 9.32. The van der Waals surface area contributed by atoms with E-state index in [4.69, 9.17) is 9.47 Å². The van der Waals surface area contributed by atoms with Crippen LogP contribution in [0.2, 0.25) is 0 Å². The van der Waals surface area contributed by atoms with Gasteiger partial charge < -0.3 is 14.4 Å². The lowest BCUT2D eigenvalue weighted by atomic mass is 9.97. The number of benzene rings is 2. The number of aryl methyl sites for hydroxylation is 1. The van der Waals surface area contributed by atoms with Crippen molar-refractivity contribution in [1.29, 1.82) is 0 Å². The van der Waals surface area contributed by atoms with Crippen LogP contribution in [0.5, 0.6) is 11.5 Å². The van der Waals surface area contributed by atoms with Crippen LogP contribution in [0.1, 0.15) is 46.5 Å². The molecule has 0 spiro atoms. The Labute approximate surface area is 155 Å². The molecule has 0 saturated carbocycles. The summed E-state index contributed by atoms with van der Waals surface area (Å²) in [4.78, 5) is 15.0. The zero-order chi connectivity index (χ0) is 18.7. The predicted octanol–water partition coefficient (Wildman–Crippen LogP) is 4.30. The quantitative estimate of drug-likeness (QED) is 0.804. The molecule has 0 bridgehead atoms. The minimum atomic E-state index is 0.101. The number of rotatable bonds is 5. The molecule has 0 N–H and O–H groups in total. The summed E-state index contributed by atoms with van der Waals surface area (Å²) < 4.78 is 11.5. The molecule has 1 aliphatic rings. The van der Waals surface area contributed by atoms with Crippen LogP contribution in [0.15, 0.2) is 30.3 Å². The molecule has 4 nitrogen and oxygen atoms in total. The number of carbonyl (C=O) groups excluding carboxylic acids is 1. The lowest BCUT2D eigenvalue weighted by Gasteiger charge is -2.30. The van der Waals surface area contributed by atoms with Crippen LogP contribution < -0.4 is 9.47 Å². The van der Waals surface area contributed by atoms with Gasteiger partial charge in [0, 0.05) is 18.7 Å². The van der Waals surface area contributed by atoms with Gasteiger partial charge in [-0.3, -0.25) is 4.79 Å². The molecular weight excluding hydrogens is 326 g/mol. The van der Waals surface area contributed by atoms with Gasteiger partial charge in [0.2, 0.25) is 0 Å². The number of nitrogens with zero attached hydrogens (tertiary/aromatic N) is 1. The zero-order valence-electron chi connectivity index (χ0n) is 16.1. The monoisotopic (exact) mass is 353 g/mol. The van der Waals surface area contributed by atoms with Crippen molar-refractivity contribution in [1.82, 2.24) is 4.90 Å². The summed E-state index contributed by atoms with van der Waals surface area (Å²) in [7, 11) is 0. The number of fused-ring (bicyclic) bond motifs is 1. The van der Waals surface area contributed by atoms with Gasteiger partial charge in [0.1, 0.15) is 0 Å². The first-order chi connectivity index (χ1) is 12.5. The van der Waals surface area contributed by atoms with Crippen molar-refractivity contribution in [3.05, 3.63) is 58.1 Å². The second-order valence-corrected chi connectivity index (χ2v) is 6.66. The Morgan fingerprint density at radius 2 is 1.69 bits per heavy atom. The summed E-state index contributed by atoms with van der Waals surface area (Å²) in [6.07, 6.45) is 0.832. The van der Waals surface area contributed by atoms with E-state index >= 15 is 0 Å². The van der Waals surface area contributed by atoms with Crippen molar-refractivity contribution in [2.24, 2.45) is 0 Å². The average Bonchev–Trinajstić information content (AvgIpc) is 2.64. The zero-order valence-corrected chi connectivity index (χ0v) is 16.1.